The average molecular weight is 222 g/mol. The number of aliphatic hydroxyl groups excluding tert-OH is 1. The van der Waals surface area contributed by atoms with Crippen LogP contribution in [0.15, 0.2) is 18.2 Å². The van der Waals surface area contributed by atoms with E-state index in [2.05, 4.69) is 5.32 Å². The second-order valence-electron chi connectivity index (χ2n) is 4.32. The van der Waals surface area contributed by atoms with Gasteiger partial charge in [-0.05, 0) is 25.8 Å². The smallest absolute Gasteiger partial charge is 0.274 e. The van der Waals surface area contributed by atoms with Crippen molar-refractivity contribution in [1.29, 1.82) is 0 Å². The predicted molar refractivity (Wildman–Crippen MR) is 60.5 cm³/mol. The monoisotopic (exact) mass is 222 g/mol. The molecule has 2 rings (SSSR count). The number of benzene rings is 1. The Balaban J connectivity index is 2.23. The molecule has 16 heavy (non-hydrogen) atoms. The van der Waals surface area contributed by atoms with Crippen molar-refractivity contribution < 1.29 is 10.0 Å². The molecule has 0 saturated heterocycles. The number of hydrogen-bond acceptors (Lipinski definition) is 4. The van der Waals surface area contributed by atoms with Crippen LogP contribution in [0.4, 0.5) is 11.4 Å². The average Bonchev–Trinajstić information content (AvgIpc) is 3.01. The fourth-order valence-corrected chi connectivity index (χ4v) is 1.66. The van der Waals surface area contributed by atoms with Crippen LogP contribution in [0.3, 0.4) is 0 Å². The van der Waals surface area contributed by atoms with Crippen molar-refractivity contribution in [1.82, 2.24) is 0 Å². The van der Waals surface area contributed by atoms with E-state index >= 15 is 0 Å². The van der Waals surface area contributed by atoms with Gasteiger partial charge in [-0.15, -0.1) is 0 Å². The Bertz CT molecular complexity index is 427. The minimum absolute atomic E-state index is 0.0642. The number of anilines is 1. The van der Waals surface area contributed by atoms with E-state index in [1.807, 2.05) is 0 Å². The lowest BCUT2D eigenvalue weighted by Gasteiger charge is -2.15. The van der Waals surface area contributed by atoms with Gasteiger partial charge in [0.1, 0.15) is 0 Å². The van der Waals surface area contributed by atoms with Gasteiger partial charge in [0.25, 0.3) is 5.69 Å². The van der Waals surface area contributed by atoms with E-state index in [0.29, 0.717) is 11.3 Å². The van der Waals surface area contributed by atoms with Crippen LogP contribution in [0.5, 0.6) is 0 Å². The van der Waals surface area contributed by atoms with E-state index < -0.39 is 0 Å². The highest BCUT2D eigenvalue weighted by atomic mass is 16.6. The Morgan fingerprint density at radius 2 is 2.25 bits per heavy atom. The second kappa shape index (κ2) is 3.75. The zero-order chi connectivity index (χ0) is 11.8. The molecule has 0 aromatic heterocycles. The van der Waals surface area contributed by atoms with Crippen LogP contribution in [-0.4, -0.2) is 22.2 Å². The number of aliphatic hydroxyl groups is 1. The molecule has 0 spiro atoms. The standard InChI is InChI=1S/C11H14N2O3/c1-8-2-3-9(6-10(8)13(15)16)12-11(7-14)4-5-11/h2-3,6,12,14H,4-5,7H2,1H3. The molecule has 0 amide bonds. The van der Waals surface area contributed by atoms with Gasteiger partial charge in [-0.25, -0.2) is 0 Å². The summed E-state index contributed by atoms with van der Waals surface area (Å²) in [6, 6.07) is 5.04. The van der Waals surface area contributed by atoms with Crippen molar-refractivity contribution in [2.45, 2.75) is 25.3 Å². The van der Waals surface area contributed by atoms with Crippen molar-refractivity contribution in [3.8, 4) is 0 Å². The van der Waals surface area contributed by atoms with E-state index in [-0.39, 0.29) is 22.8 Å². The molecule has 0 heterocycles. The van der Waals surface area contributed by atoms with Crippen LogP contribution in [0, 0.1) is 17.0 Å². The molecule has 1 aliphatic rings. The maximum atomic E-state index is 10.8. The predicted octanol–water partition coefficient (Wildman–Crippen LogP) is 1.84. The summed E-state index contributed by atoms with van der Waals surface area (Å²) in [5, 5.41) is 23.1. The summed E-state index contributed by atoms with van der Waals surface area (Å²) < 4.78 is 0. The number of hydrogen-bond donors (Lipinski definition) is 2. The van der Waals surface area contributed by atoms with Crippen molar-refractivity contribution in [2.24, 2.45) is 0 Å². The lowest BCUT2D eigenvalue weighted by molar-refractivity contribution is -0.385. The molecule has 2 N–H and O–H groups in total. The topological polar surface area (TPSA) is 75.4 Å². The van der Waals surface area contributed by atoms with Gasteiger partial charge in [0.15, 0.2) is 0 Å². The summed E-state index contributed by atoms with van der Waals surface area (Å²) >= 11 is 0. The maximum Gasteiger partial charge on any atom is 0.274 e. The lowest BCUT2D eigenvalue weighted by atomic mass is 10.1. The highest BCUT2D eigenvalue weighted by Crippen LogP contribution is 2.39. The van der Waals surface area contributed by atoms with E-state index in [0.717, 1.165) is 12.8 Å². The van der Waals surface area contributed by atoms with Crippen LogP contribution in [-0.2, 0) is 0 Å². The lowest BCUT2D eigenvalue weighted by Crippen LogP contribution is -2.25. The third kappa shape index (κ3) is 1.99. The molecular weight excluding hydrogens is 208 g/mol. The first-order valence-corrected chi connectivity index (χ1v) is 5.20. The highest BCUT2D eigenvalue weighted by Gasteiger charge is 2.42. The summed E-state index contributed by atoms with van der Waals surface area (Å²) in [4.78, 5) is 10.4. The van der Waals surface area contributed by atoms with Gasteiger partial charge in [-0.1, -0.05) is 6.07 Å². The molecule has 1 aromatic carbocycles. The first-order chi connectivity index (χ1) is 7.56. The second-order valence-corrected chi connectivity index (χ2v) is 4.32. The van der Waals surface area contributed by atoms with Gasteiger partial charge >= 0.3 is 0 Å². The molecule has 1 aliphatic carbocycles. The summed E-state index contributed by atoms with van der Waals surface area (Å²) in [5.74, 6) is 0. The Morgan fingerprint density at radius 1 is 1.56 bits per heavy atom. The number of rotatable bonds is 4. The molecule has 5 heteroatoms. The summed E-state index contributed by atoms with van der Waals surface area (Å²) in [7, 11) is 0. The molecule has 1 aromatic rings. The molecule has 0 atom stereocenters. The first kappa shape index (κ1) is 10.9. The molecule has 0 aliphatic heterocycles. The molecule has 1 fully saturated rings. The van der Waals surface area contributed by atoms with Gasteiger partial charge in [0.05, 0.1) is 17.1 Å². The number of nitrogens with one attached hydrogen (secondary N) is 1. The fourth-order valence-electron chi connectivity index (χ4n) is 1.66. The number of aryl methyl sites for hydroxylation is 1. The van der Waals surface area contributed by atoms with Crippen LogP contribution in [0.2, 0.25) is 0 Å². The van der Waals surface area contributed by atoms with Crippen molar-refractivity contribution in [3.05, 3.63) is 33.9 Å². The van der Waals surface area contributed by atoms with Crippen molar-refractivity contribution in [2.75, 3.05) is 11.9 Å². The van der Waals surface area contributed by atoms with E-state index in [1.165, 1.54) is 6.07 Å². The van der Waals surface area contributed by atoms with Crippen molar-refractivity contribution >= 4 is 11.4 Å². The molecule has 1 saturated carbocycles. The van der Waals surface area contributed by atoms with Crippen LogP contribution < -0.4 is 5.32 Å². The normalized spacial score (nSPS) is 16.9. The highest BCUT2D eigenvalue weighted by molar-refractivity contribution is 5.56. The van der Waals surface area contributed by atoms with Crippen LogP contribution in [0.25, 0.3) is 0 Å². The number of nitro benzene ring substituents is 1. The van der Waals surface area contributed by atoms with E-state index in [1.54, 1.807) is 19.1 Å². The van der Waals surface area contributed by atoms with Gasteiger partial charge in [0, 0.05) is 17.3 Å². The Morgan fingerprint density at radius 3 is 2.75 bits per heavy atom. The molecule has 86 valence electrons. The molecule has 0 radical (unpaired) electrons. The third-order valence-electron chi connectivity index (χ3n) is 2.97. The van der Waals surface area contributed by atoms with Gasteiger partial charge in [-0.2, -0.15) is 0 Å². The maximum absolute atomic E-state index is 10.8. The van der Waals surface area contributed by atoms with Crippen LogP contribution in [0.1, 0.15) is 18.4 Å². The quantitative estimate of drug-likeness (QED) is 0.602. The zero-order valence-electron chi connectivity index (χ0n) is 9.06. The SMILES string of the molecule is Cc1ccc(NC2(CO)CC2)cc1[N+](=O)[O-]. The van der Waals surface area contributed by atoms with Gasteiger partial charge < -0.3 is 10.4 Å². The minimum atomic E-state index is -0.390. The summed E-state index contributed by atoms with van der Waals surface area (Å²) in [5.41, 5.74) is 1.20. The zero-order valence-corrected chi connectivity index (χ0v) is 9.06. The molecule has 5 nitrogen and oxygen atoms in total. The van der Waals surface area contributed by atoms with E-state index in [4.69, 9.17) is 5.11 Å². The summed E-state index contributed by atoms with van der Waals surface area (Å²) in [6.07, 6.45) is 1.82. The fraction of sp³-hybridized carbons (Fsp3) is 0.455. The number of nitrogens with zero attached hydrogens (tertiary/aromatic N) is 1. The molecule has 0 bridgehead atoms. The Labute approximate surface area is 93.2 Å². The van der Waals surface area contributed by atoms with E-state index in [9.17, 15) is 10.1 Å². The largest absolute Gasteiger partial charge is 0.394 e. The van der Waals surface area contributed by atoms with Gasteiger partial charge in [-0.3, -0.25) is 10.1 Å². The molecule has 0 unspecified atom stereocenters. The summed E-state index contributed by atoms with van der Waals surface area (Å²) in [6.45, 7) is 1.77. The Hall–Kier alpha value is -1.62. The minimum Gasteiger partial charge on any atom is -0.394 e. The number of nitro groups is 1. The Kier molecular flexibility index (Phi) is 2.55. The third-order valence-corrected chi connectivity index (χ3v) is 2.97. The van der Waals surface area contributed by atoms with Gasteiger partial charge in [0.2, 0.25) is 0 Å². The molecular formula is C11H14N2O3. The van der Waals surface area contributed by atoms with Crippen molar-refractivity contribution in [3.63, 3.8) is 0 Å². The first-order valence-electron chi connectivity index (χ1n) is 5.20. The van der Waals surface area contributed by atoms with Crippen LogP contribution >= 0.6 is 0 Å².